The summed E-state index contributed by atoms with van der Waals surface area (Å²) in [5.41, 5.74) is 5.81. The van der Waals surface area contributed by atoms with Gasteiger partial charge in [-0.25, -0.2) is 20.7 Å². The van der Waals surface area contributed by atoms with Crippen molar-refractivity contribution in [1.29, 1.82) is 0 Å². The largest absolute Gasteiger partial charge is 0.510 e. The molecule has 60 valence electrons. The summed E-state index contributed by atoms with van der Waals surface area (Å²) in [4.78, 5) is 18.1. The van der Waals surface area contributed by atoms with Gasteiger partial charge in [0.05, 0.1) is 0 Å². The van der Waals surface area contributed by atoms with Gasteiger partial charge in [-0.2, -0.15) is 9.25 Å². The van der Waals surface area contributed by atoms with Gasteiger partial charge in [0.2, 0.25) is 0 Å². The molecular formula is CH6N3O5P. The molecule has 0 radical (unpaired) electrons. The van der Waals surface area contributed by atoms with Crippen LogP contribution in [0.1, 0.15) is 0 Å². The molecule has 0 saturated carbocycles. The van der Waals surface area contributed by atoms with E-state index in [1.165, 1.54) is 5.48 Å². The lowest BCUT2D eigenvalue weighted by Crippen LogP contribution is -2.28. The summed E-state index contributed by atoms with van der Waals surface area (Å²) in [6, 6.07) is -1.13. The van der Waals surface area contributed by atoms with Crippen LogP contribution < -0.4 is 17.1 Å². The molecule has 8 nitrogen and oxygen atoms in total. The summed E-state index contributed by atoms with van der Waals surface area (Å²) in [7, 11) is -4.36. The fourth-order valence-electron chi connectivity index (χ4n) is 0.124. The second-order valence-electron chi connectivity index (χ2n) is 1.13. The average Bonchev–Trinajstić information content (AvgIpc) is 1.85. The molecule has 0 aromatic heterocycles. The number of hydrogen-bond acceptors (Lipinski definition) is 5. The van der Waals surface area contributed by atoms with Crippen molar-refractivity contribution in [2.75, 3.05) is 0 Å². The maximum Gasteiger partial charge on any atom is 0.510 e. The van der Waals surface area contributed by atoms with Crippen molar-refractivity contribution in [3.05, 3.63) is 0 Å². The minimum absolute atomic E-state index is 1.13. The number of primary amides is 1. The van der Waals surface area contributed by atoms with E-state index in [4.69, 9.17) is 4.89 Å². The number of nitrogens with two attached hydrogens (primary N) is 2. The van der Waals surface area contributed by atoms with Crippen LogP contribution in [0.2, 0.25) is 0 Å². The Labute approximate surface area is 55.6 Å². The highest BCUT2D eigenvalue weighted by Crippen LogP contribution is 2.38. The van der Waals surface area contributed by atoms with Crippen molar-refractivity contribution in [3.8, 4) is 0 Å². The molecule has 0 bridgehead atoms. The van der Waals surface area contributed by atoms with Crippen molar-refractivity contribution >= 4 is 13.9 Å². The van der Waals surface area contributed by atoms with Gasteiger partial charge in [-0.05, 0) is 0 Å². The van der Waals surface area contributed by atoms with Gasteiger partial charge in [-0.3, -0.25) is 0 Å². The van der Waals surface area contributed by atoms with Crippen molar-refractivity contribution in [2.45, 2.75) is 0 Å². The third kappa shape index (κ3) is 4.24. The Bertz CT molecular complexity index is 168. The lowest BCUT2D eigenvalue weighted by atomic mass is 11.2. The molecule has 0 aromatic carbocycles. The fourth-order valence-corrected chi connectivity index (χ4v) is 0.373. The number of carbonyl (C=O) groups is 1. The first-order valence-electron chi connectivity index (χ1n) is 1.93. The number of carbonyl (C=O) groups excluding carboxylic acids is 1. The molecule has 0 spiro atoms. The number of rotatable bonds is 3. The Balaban J connectivity index is 3.68. The third-order valence-electron chi connectivity index (χ3n) is 0.395. The van der Waals surface area contributed by atoms with Crippen LogP contribution in [0.3, 0.4) is 0 Å². The van der Waals surface area contributed by atoms with Crippen molar-refractivity contribution in [1.82, 2.24) is 5.48 Å². The van der Waals surface area contributed by atoms with Gasteiger partial charge in [-0.15, -0.1) is 0 Å². The van der Waals surface area contributed by atoms with Gasteiger partial charge in [0.15, 0.2) is 0 Å². The van der Waals surface area contributed by atoms with E-state index >= 15 is 0 Å². The summed E-state index contributed by atoms with van der Waals surface area (Å²) in [6.45, 7) is 0. The zero-order valence-corrected chi connectivity index (χ0v) is 5.58. The molecule has 0 aliphatic rings. The fraction of sp³-hybridized carbons (Fsp3) is 0. The maximum atomic E-state index is 10.2. The molecule has 10 heavy (non-hydrogen) atoms. The number of phosphoric acid groups is 1. The summed E-state index contributed by atoms with van der Waals surface area (Å²) < 4.78 is 17.3. The van der Waals surface area contributed by atoms with E-state index in [2.05, 4.69) is 20.9 Å². The third-order valence-corrected chi connectivity index (χ3v) is 0.983. The first-order chi connectivity index (χ1) is 4.48. The standard InChI is InChI=1S/CH6N3O5P/c2-1(5)4-9-10(6,7)8-3/h3H2,(H,6,7)(H3,2,4,5). The zero-order chi connectivity index (χ0) is 8.20. The second-order valence-corrected chi connectivity index (χ2v) is 2.46. The Morgan fingerprint density at radius 3 is 2.50 bits per heavy atom. The quantitative estimate of drug-likeness (QED) is 0.303. The zero-order valence-electron chi connectivity index (χ0n) is 4.68. The first-order valence-corrected chi connectivity index (χ1v) is 3.43. The van der Waals surface area contributed by atoms with E-state index in [0.717, 1.165) is 0 Å². The summed E-state index contributed by atoms with van der Waals surface area (Å²) in [5.74, 6) is 4.26. The average molecular weight is 171 g/mol. The van der Waals surface area contributed by atoms with Crippen LogP contribution in [-0.4, -0.2) is 10.9 Å². The van der Waals surface area contributed by atoms with Crippen LogP contribution in [0.15, 0.2) is 0 Å². The van der Waals surface area contributed by atoms with E-state index in [-0.39, 0.29) is 0 Å². The number of amides is 2. The number of hydroxylamine groups is 1. The van der Waals surface area contributed by atoms with E-state index in [1.54, 1.807) is 0 Å². The first kappa shape index (κ1) is 9.34. The molecular weight excluding hydrogens is 165 g/mol. The Morgan fingerprint density at radius 1 is 1.70 bits per heavy atom. The SMILES string of the molecule is NOP(=O)(O)ONC(N)=O. The molecule has 6 N–H and O–H groups in total. The molecule has 0 rings (SSSR count). The van der Waals surface area contributed by atoms with Crippen LogP contribution in [0.25, 0.3) is 0 Å². The number of hydrogen-bond donors (Lipinski definition) is 4. The molecule has 1 unspecified atom stereocenters. The van der Waals surface area contributed by atoms with E-state index in [0.29, 0.717) is 0 Å². The molecule has 0 saturated heterocycles. The minimum Gasteiger partial charge on any atom is -0.350 e. The van der Waals surface area contributed by atoms with Crippen LogP contribution in [0.5, 0.6) is 0 Å². The van der Waals surface area contributed by atoms with Gasteiger partial charge in [-0.1, -0.05) is 0 Å². The number of urea groups is 1. The summed E-state index contributed by atoms with van der Waals surface area (Å²) in [5, 5.41) is 0. The smallest absolute Gasteiger partial charge is 0.350 e. The molecule has 0 aliphatic carbocycles. The Hall–Kier alpha value is -0.660. The molecule has 1 atom stereocenters. The van der Waals surface area contributed by atoms with Gasteiger partial charge in [0.25, 0.3) is 0 Å². The van der Waals surface area contributed by atoms with Crippen LogP contribution in [0.4, 0.5) is 4.79 Å². The van der Waals surface area contributed by atoms with E-state index in [9.17, 15) is 9.36 Å². The van der Waals surface area contributed by atoms with E-state index in [1.807, 2.05) is 0 Å². The second kappa shape index (κ2) is 3.49. The predicted molar refractivity (Wildman–Crippen MR) is 28.9 cm³/mol. The van der Waals surface area contributed by atoms with Gasteiger partial charge in [0.1, 0.15) is 0 Å². The predicted octanol–water partition coefficient (Wildman–Crippen LogP) is -1.42. The molecule has 0 aliphatic heterocycles. The number of nitrogens with one attached hydrogen (secondary N) is 1. The minimum atomic E-state index is -4.36. The molecule has 0 aromatic rings. The van der Waals surface area contributed by atoms with Gasteiger partial charge >= 0.3 is 13.9 Å². The van der Waals surface area contributed by atoms with Gasteiger partial charge in [0, 0.05) is 0 Å². The lowest BCUT2D eigenvalue weighted by molar-refractivity contribution is 0.109. The molecule has 9 heteroatoms. The Kier molecular flexibility index (Phi) is 3.26. The van der Waals surface area contributed by atoms with Crippen LogP contribution >= 0.6 is 7.82 Å². The lowest BCUT2D eigenvalue weighted by Gasteiger charge is -2.05. The highest BCUT2D eigenvalue weighted by molar-refractivity contribution is 7.47. The van der Waals surface area contributed by atoms with Gasteiger partial charge < -0.3 is 10.6 Å². The monoisotopic (exact) mass is 171 g/mol. The van der Waals surface area contributed by atoms with Crippen LogP contribution in [0, 0.1) is 0 Å². The normalized spacial score (nSPS) is 15.8. The van der Waals surface area contributed by atoms with E-state index < -0.39 is 13.9 Å². The summed E-state index contributed by atoms with van der Waals surface area (Å²) >= 11 is 0. The topological polar surface area (TPSA) is 137 Å². The Morgan fingerprint density at radius 2 is 2.20 bits per heavy atom. The van der Waals surface area contributed by atoms with Crippen LogP contribution in [-0.2, 0) is 13.8 Å². The molecule has 0 heterocycles. The molecule has 0 fully saturated rings. The summed E-state index contributed by atoms with van der Waals surface area (Å²) in [6.07, 6.45) is 0. The van der Waals surface area contributed by atoms with Crippen molar-refractivity contribution in [3.63, 3.8) is 0 Å². The highest BCUT2D eigenvalue weighted by Gasteiger charge is 2.20. The van der Waals surface area contributed by atoms with Crippen molar-refractivity contribution < 1.29 is 23.5 Å². The van der Waals surface area contributed by atoms with Crippen molar-refractivity contribution in [2.24, 2.45) is 11.6 Å². The molecule has 2 amide bonds. The highest BCUT2D eigenvalue weighted by atomic mass is 31.2. The maximum absolute atomic E-state index is 10.2.